The Labute approximate surface area is 185 Å². The molecule has 0 spiro atoms. The third kappa shape index (κ3) is 4.67. The van der Waals surface area contributed by atoms with Crippen LogP contribution in [0.4, 0.5) is 0 Å². The summed E-state index contributed by atoms with van der Waals surface area (Å²) in [5.41, 5.74) is 3.30. The van der Waals surface area contributed by atoms with Crippen molar-refractivity contribution in [3.63, 3.8) is 0 Å². The first kappa shape index (κ1) is 21.6. The standard InChI is InChI=1S/C23H23NO5S2/c1-27-12-4-5-16-9-11-21(30-16)23-18-13-15(14-31(24,25)26)8-10-17(18)22-19(28-2)6-3-7-20(22)29-23/h3-11,13,23H,12,14H2,1-2H3,(H2,24,25,26)/b5-4+. The van der Waals surface area contributed by atoms with E-state index in [0.29, 0.717) is 17.9 Å². The van der Waals surface area contributed by atoms with Crippen LogP contribution in [0.5, 0.6) is 11.5 Å². The average molecular weight is 458 g/mol. The van der Waals surface area contributed by atoms with Gasteiger partial charge in [-0.1, -0.05) is 30.3 Å². The van der Waals surface area contributed by atoms with E-state index in [2.05, 4.69) is 0 Å². The predicted octanol–water partition coefficient (Wildman–Crippen LogP) is 4.35. The molecule has 0 fully saturated rings. The van der Waals surface area contributed by atoms with Gasteiger partial charge in [0.25, 0.3) is 0 Å². The zero-order valence-electron chi connectivity index (χ0n) is 17.2. The molecule has 8 heteroatoms. The number of nitrogens with two attached hydrogens (primary N) is 1. The highest BCUT2D eigenvalue weighted by atomic mass is 32.2. The largest absolute Gasteiger partial charge is 0.496 e. The molecule has 1 aromatic heterocycles. The second kappa shape index (κ2) is 8.84. The van der Waals surface area contributed by atoms with Crippen LogP contribution in [0.2, 0.25) is 0 Å². The summed E-state index contributed by atoms with van der Waals surface area (Å²) in [6.45, 7) is 0.542. The molecule has 0 bridgehead atoms. The molecule has 3 aromatic rings. The minimum absolute atomic E-state index is 0.235. The quantitative estimate of drug-likeness (QED) is 0.570. The summed E-state index contributed by atoms with van der Waals surface area (Å²) in [5.74, 6) is 1.19. The van der Waals surface area contributed by atoms with Gasteiger partial charge in [-0.2, -0.15) is 0 Å². The lowest BCUT2D eigenvalue weighted by atomic mass is 9.90. The number of sulfonamides is 1. The maximum absolute atomic E-state index is 11.7. The minimum atomic E-state index is -3.65. The summed E-state index contributed by atoms with van der Waals surface area (Å²) >= 11 is 1.62. The number of benzene rings is 2. The van der Waals surface area contributed by atoms with Crippen LogP contribution in [0.1, 0.15) is 27.0 Å². The summed E-state index contributed by atoms with van der Waals surface area (Å²) in [6, 6.07) is 15.3. The fraction of sp³-hybridized carbons (Fsp3) is 0.217. The van der Waals surface area contributed by atoms with Gasteiger partial charge >= 0.3 is 0 Å². The molecule has 2 aromatic carbocycles. The van der Waals surface area contributed by atoms with Crippen molar-refractivity contribution in [3.8, 4) is 22.6 Å². The second-order valence-electron chi connectivity index (χ2n) is 7.16. The van der Waals surface area contributed by atoms with Gasteiger partial charge in [0.2, 0.25) is 10.0 Å². The van der Waals surface area contributed by atoms with Gasteiger partial charge in [0, 0.05) is 17.6 Å². The van der Waals surface area contributed by atoms with E-state index in [1.807, 2.05) is 54.6 Å². The van der Waals surface area contributed by atoms with Crippen LogP contribution in [0.15, 0.2) is 54.6 Å². The zero-order valence-corrected chi connectivity index (χ0v) is 18.8. The lowest BCUT2D eigenvalue weighted by molar-refractivity contribution is 0.234. The van der Waals surface area contributed by atoms with Gasteiger partial charge in [0.1, 0.15) is 11.5 Å². The Hall–Kier alpha value is -2.65. The molecule has 1 atom stereocenters. The highest BCUT2D eigenvalue weighted by Gasteiger charge is 2.31. The Morgan fingerprint density at radius 3 is 2.74 bits per heavy atom. The first-order valence-electron chi connectivity index (χ1n) is 9.62. The van der Waals surface area contributed by atoms with Crippen molar-refractivity contribution < 1.29 is 22.6 Å². The van der Waals surface area contributed by atoms with Crippen LogP contribution in [0.25, 0.3) is 17.2 Å². The molecule has 1 unspecified atom stereocenters. The molecule has 162 valence electrons. The Balaban J connectivity index is 1.82. The molecule has 0 saturated carbocycles. The maximum atomic E-state index is 11.7. The molecule has 4 rings (SSSR count). The van der Waals surface area contributed by atoms with E-state index in [-0.39, 0.29) is 11.9 Å². The Morgan fingerprint density at radius 1 is 1.16 bits per heavy atom. The molecule has 31 heavy (non-hydrogen) atoms. The topological polar surface area (TPSA) is 87.8 Å². The lowest BCUT2D eigenvalue weighted by Crippen LogP contribution is -2.17. The third-order valence-electron chi connectivity index (χ3n) is 4.94. The number of primary sulfonamides is 1. The van der Waals surface area contributed by atoms with E-state index in [9.17, 15) is 8.42 Å². The predicted molar refractivity (Wildman–Crippen MR) is 123 cm³/mol. The van der Waals surface area contributed by atoms with Crippen LogP contribution in [0, 0.1) is 0 Å². The van der Waals surface area contributed by atoms with Crippen molar-refractivity contribution >= 4 is 27.4 Å². The summed E-state index contributed by atoms with van der Waals surface area (Å²) < 4.78 is 40.4. The van der Waals surface area contributed by atoms with Crippen molar-refractivity contribution in [1.29, 1.82) is 0 Å². The van der Waals surface area contributed by atoms with Gasteiger partial charge in [-0.3, -0.25) is 0 Å². The van der Waals surface area contributed by atoms with Crippen molar-refractivity contribution in [1.82, 2.24) is 0 Å². The van der Waals surface area contributed by atoms with E-state index >= 15 is 0 Å². The van der Waals surface area contributed by atoms with Crippen LogP contribution in [-0.2, 0) is 20.5 Å². The van der Waals surface area contributed by atoms with Crippen LogP contribution >= 0.6 is 11.3 Å². The van der Waals surface area contributed by atoms with E-state index in [4.69, 9.17) is 19.3 Å². The smallest absolute Gasteiger partial charge is 0.213 e. The number of methoxy groups -OCH3 is 2. The van der Waals surface area contributed by atoms with E-state index < -0.39 is 10.0 Å². The van der Waals surface area contributed by atoms with Crippen LogP contribution in [-0.4, -0.2) is 29.2 Å². The highest BCUT2D eigenvalue weighted by Crippen LogP contribution is 2.50. The number of hydrogen-bond donors (Lipinski definition) is 1. The molecule has 2 heterocycles. The SMILES string of the molecule is COC/C=C/c1ccc(C2Oc3cccc(OC)c3-c3ccc(CS(N)(=O)=O)cc32)s1. The zero-order chi connectivity index (χ0) is 22.0. The number of thiophene rings is 1. The summed E-state index contributed by atoms with van der Waals surface area (Å²) in [4.78, 5) is 2.09. The normalized spacial score (nSPS) is 15.4. The van der Waals surface area contributed by atoms with Crippen LogP contribution in [0.3, 0.4) is 0 Å². The molecule has 1 aliphatic heterocycles. The highest BCUT2D eigenvalue weighted by molar-refractivity contribution is 7.88. The first-order valence-corrected chi connectivity index (χ1v) is 12.2. The molecule has 1 aliphatic rings. The van der Waals surface area contributed by atoms with Gasteiger partial charge in [0.05, 0.1) is 29.9 Å². The average Bonchev–Trinajstić information content (AvgIpc) is 3.20. The van der Waals surface area contributed by atoms with Gasteiger partial charge in [-0.25, -0.2) is 13.6 Å². The molecule has 0 saturated heterocycles. The van der Waals surface area contributed by atoms with E-state index in [1.165, 1.54) is 0 Å². The van der Waals surface area contributed by atoms with Crippen LogP contribution < -0.4 is 14.6 Å². The van der Waals surface area contributed by atoms with Crippen molar-refractivity contribution in [2.45, 2.75) is 11.9 Å². The molecule has 0 amide bonds. The Bertz CT molecular complexity index is 1230. The summed E-state index contributed by atoms with van der Waals surface area (Å²) in [7, 11) is -0.377. The minimum Gasteiger partial charge on any atom is -0.496 e. The fourth-order valence-corrected chi connectivity index (χ4v) is 5.32. The summed E-state index contributed by atoms with van der Waals surface area (Å²) in [6.07, 6.45) is 3.59. The Kier molecular flexibility index (Phi) is 6.15. The molecule has 0 aliphatic carbocycles. The second-order valence-corrected chi connectivity index (χ2v) is 9.92. The number of rotatable bonds is 7. The van der Waals surface area contributed by atoms with E-state index in [1.54, 1.807) is 31.6 Å². The molecular formula is C23H23NO5S2. The van der Waals surface area contributed by atoms with Gasteiger partial charge in [0.15, 0.2) is 6.10 Å². The van der Waals surface area contributed by atoms with Gasteiger partial charge in [-0.05, 0) is 41.5 Å². The summed E-state index contributed by atoms with van der Waals surface area (Å²) in [5, 5.41) is 5.28. The maximum Gasteiger partial charge on any atom is 0.213 e. The fourth-order valence-electron chi connectivity index (χ4n) is 3.68. The molecule has 6 nitrogen and oxygen atoms in total. The number of fused-ring (bicyclic) bond motifs is 3. The molecule has 0 radical (unpaired) electrons. The molecular weight excluding hydrogens is 434 g/mol. The number of hydrogen-bond acceptors (Lipinski definition) is 6. The van der Waals surface area contributed by atoms with Crippen molar-refractivity contribution in [3.05, 3.63) is 75.5 Å². The molecule has 2 N–H and O–H groups in total. The first-order chi connectivity index (χ1) is 14.9. The monoisotopic (exact) mass is 457 g/mol. The van der Waals surface area contributed by atoms with Crippen molar-refractivity contribution in [2.24, 2.45) is 5.14 Å². The lowest BCUT2D eigenvalue weighted by Gasteiger charge is -2.29. The van der Waals surface area contributed by atoms with Gasteiger partial charge < -0.3 is 14.2 Å². The number of ether oxygens (including phenoxy) is 3. The van der Waals surface area contributed by atoms with E-state index in [0.717, 1.165) is 32.2 Å². The van der Waals surface area contributed by atoms with Crippen molar-refractivity contribution in [2.75, 3.05) is 20.8 Å². The third-order valence-corrected chi connectivity index (χ3v) is 6.77. The Morgan fingerprint density at radius 2 is 2.00 bits per heavy atom. The van der Waals surface area contributed by atoms with Gasteiger partial charge in [-0.15, -0.1) is 11.3 Å².